The number of piperazine rings is 1. The van der Waals surface area contributed by atoms with Gasteiger partial charge in [0.05, 0.1) is 12.3 Å². The molecule has 2 saturated heterocycles. The first-order valence-electron chi connectivity index (χ1n) is 12.6. The van der Waals surface area contributed by atoms with Gasteiger partial charge in [0.1, 0.15) is 11.9 Å². The van der Waals surface area contributed by atoms with Crippen LogP contribution < -0.4 is 22.5 Å². The Balaban J connectivity index is 1.17. The number of likely N-dealkylation sites (tertiary alicyclic amines) is 1. The quantitative estimate of drug-likeness (QED) is 0.385. The van der Waals surface area contributed by atoms with E-state index in [0.29, 0.717) is 43.2 Å². The Morgan fingerprint density at radius 1 is 1.14 bits per heavy atom. The van der Waals surface area contributed by atoms with E-state index in [1.807, 2.05) is 31.2 Å². The first-order valence-corrected chi connectivity index (χ1v) is 12.6. The van der Waals surface area contributed by atoms with Crippen LogP contribution in [0.4, 0.5) is 10.6 Å². The maximum atomic E-state index is 12.8. The maximum Gasteiger partial charge on any atom is 0.354 e. The van der Waals surface area contributed by atoms with Gasteiger partial charge in [-0.25, -0.2) is 9.59 Å². The second-order valence-electron chi connectivity index (χ2n) is 10.3. The highest BCUT2D eigenvalue weighted by molar-refractivity contribution is 5.89. The molecule has 37 heavy (non-hydrogen) atoms. The predicted molar refractivity (Wildman–Crippen MR) is 137 cm³/mol. The molecular formula is C25H34N8O4. The number of amides is 3. The van der Waals surface area contributed by atoms with Crippen molar-refractivity contribution in [3.63, 3.8) is 0 Å². The van der Waals surface area contributed by atoms with Gasteiger partial charge in [0.25, 0.3) is 0 Å². The fraction of sp³-hybridized carbons (Fsp3) is 0.520. The number of rotatable bonds is 6. The molecule has 6 N–H and O–H groups in total. The summed E-state index contributed by atoms with van der Waals surface area (Å²) in [5.74, 6) is 1.11. The van der Waals surface area contributed by atoms with Crippen molar-refractivity contribution in [2.75, 3.05) is 44.6 Å². The molecule has 3 fully saturated rings. The largest absolute Gasteiger partial charge is 0.394 e. The maximum absolute atomic E-state index is 12.8. The number of hydrogen-bond donors (Lipinski definition) is 4. The van der Waals surface area contributed by atoms with Gasteiger partial charge < -0.3 is 26.4 Å². The third-order valence-electron chi connectivity index (χ3n) is 7.71. The van der Waals surface area contributed by atoms with Gasteiger partial charge in [-0.1, -0.05) is 12.1 Å². The summed E-state index contributed by atoms with van der Waals surface area (Å²) in [5.41, 5.74) is 13.0. The van der Waals surface area contributed by atoms with Crippen LogP contribution in [0.2, 0.25) is 0 Å². The molecular weight excluding hydrogens is 476 g/mol. The SMILES string of the molecule is CC1CN(C(=O)C(N)CO)CCN1C(=O)Nc1ccn(-c2ccc(CN3CC4C(N)C4C3)cc2)c(=O)n1. The molecule has 2 aromatic rings. The lowest BCUT2D eigenvalue weighted by Crippen LogP contribution is -2.59. The van der Waals surface area contributed by atoms with Gasteiger partial charge in [-0.05, 0) is 42.5 Å². The van der Waals surface area contributed by atoms with Gasteiger partial charge in [-0.3, -0.25) is 19.6 Å². The van der Waals surface area contributed by atoms with Crippen LogP contribution >= 0.6 is 0 Å². The fourth-order valence-electron chi connectivity index (χ4n) is 5.43. The molecule has 0 radical (unpaired) electrons. The van der Waals surface area contributed by atoms with E-state index in [1.54, 1.807) is 22.1 Å². The Hall–Kier alpha value is -3.32. The summed E-state index contributed by atoms with van der Waals surface area (Å²) in [5, 5.41) is 11.8. The summed E-state index contributed by atoms with van der Waals surface area (Å²) in [6.45, 7) is 5.27. The van der Waals surface area contributed by atoms with Crippen LogP contribution in [0.3, 0.4) is 0 Å². The number of anilines is 1. The Kier molecular flexibility index (Phi) is 6.99. The molecule has 198 valence electrons. The number of fused-ring (bicyclic) bond motifs is 1. The van der Waals surface area contributed by atoms with Gasteiger partial charge in [-0.2, -0.15) is 4.98 Å². The molecule has 4 atom stereocenters. The Morgan fingerprint density at radius 2 is 1.84 bits per heavy atom. The smallest absolute Gasteiger partial charge is 0.354 e. The van der Waals surface area contributed by atoms with E-state index >= 15 is 0 Å². The van der Waals surface area contributed by atoms with Crippen molar-refractivity contribution < 1.29 is 14.7 Å². The zero-order valence-electron chi connectivity index (χ0n) is 20.9. The predicted octanol–water partition coefficient (Wildman–Crippen LogP) is -0.994. The first kappa shape index (κ1) is 25.3. The highest BCUT2D eigenvalue weighted by Gasteiger charge is 2.53. The number of carbonyl (C=O) groups is 2. The Morgan fingerprint density at radius 3 is 2.46 bits per heavy atom. The average Bonchev–Trinajstić information content (AvgIpc) is 3.27. The lowest BCUT2D eigenvalue weighted by molar-refractivity contribution is -0.135. The van der Waals surface area contributed by atoms with Crippen molar-refractivity contribution in [2.24, 2.45) is 23.3 Å². The summed E-state index contributed by atoms with van der Waals surface area (Å²) in [4.78, 5) is 47.3. The van der Waals surface area contributed by atoms with Crippen LogP contribution in [0.5, 0.6) is 0 Å². The number of urea groups is 1. The van der Waals surface area contributed by atoms with E-state index in [9.17, 15) is 14.4 Å². The minimum Gasteiger partial charge on any atom is -0.394 e. The van der Waals surface area contributed by atoms with Crippen molar-refractivity contribution in [3.8, 4) is 5.69 Å². The molecule has 2 aliphatic heterocycles. The molecule has 1 saturated carbocycles. The van der Waals surface area contributed by atoms with Gasteiger partial charge >= 0.3 is 11.7 Å². The number of piperidine rings is 1. The highest BCUT2D eigenvalue weighted by atomic mass is 16.3. The van der Waals surface area contributed by atoms with Crippen molar-refractivity contribution in [3.05, 3.63) is 52.6 Å². The minimum absolute atomic E-state index is 0.154. The van der Waals surface area contributed by atoms with Crippen LogP contribution in [0, 0.1) is 11.8 Å². The van der Waals surface area contributed by atoms with Crippen LogP contribution in [-0.2, 0) is 11.3 Å². The second-order valence-corrected chi connectivity index (χ2v) is 10.3. The number of carbonyl (C=O) groups excluding carboxylic acids is 2. The number of aromatic nitrogens is 2. The number of aliphatic hydroxyl groups is 1. The zero-order chi connectivity index (χ0) is 26.3. The van der Waals surface area contributed by atoms with Crippen molar-refractivity contribution >= 4 is 17.8 Å². The molecule has 3 aliphatic rings. The zero-order valence-corrected chi connectivity index (χ0v) is 20.9. The van der Waals surface area contributed by atoms with Gasteiger partial charge in [0, 0.05) is 57.5 Å². The topological polar surface area (TPSA) is 163 Å². The Labute approximate surface area is 214 Å². The normalized spacial score (nSPS) is 26.1. The van der Waals surface area contributed by atoms with E-state index < -0.39 is 24.4 Å². The van der Waals surface area contributed by atoms with E-state index in [1.165, 1.54) is 10.1 Å². The van der Waals surface area contributed by atoms with Crippen molar-refractivity contribution in [2.45, 2.75) is 31.6 Å². The lowest BCUT2D eigenvalue weighted by atomic mass is 10.1. The van der Waals surface area contributed by atoms with Crippen molar-refractivity contribution in [1.82, 2.24) is 24.3 Å². The standard InChI is InChI=1S/C25H34N8O4/c1-15-10-31(23(35)20(26)14-34)8-9-32(15)24(36)28-21-6-7-33(25(37)29-21)17-4-2-16(3-5-17)11-30-12-18-19(13-30)22(18)27/h2-7,15,18-20,22,34H,8-14,26-27H2,1H3,(H,28,29,36,37). The molecule has 3 heterocycles. The Bertz CT molecular complexity index is 1210. The van der Waals surface area contributed by atoms with E-state index in [4.69, 9.17) is 16.6 Å². The third-order valence-corrected chi connectivity index (χ3v) is 7.71. The third kappa shape index (κ3) is 5.23. The summed E-state index contributed by atoms with van der Waals surface area (Å²) >= 11 is 0. The molecule has 1 aromatic heterocycles. The van der Waals surface area contributed by atoms with E-state index in [2.05, 4.69) is 15.2 Å². The summed E-state index contributed by atoms with van der Waals surface area (Å²) < 4.78 is 1.43. The lowest BCUT2D eigenvalue weighted by Gasteiger charge is -2.40. The molecule has 5 rings (SSSR count). The molecule has 4 unspecified atom stereocenters. The minimum atomic E-state index is -0.963. The van der Waals surface area contributed by atoms with Crippen LogP contribution in [0.15, 0.2) is 41.3 Å². The van der Waals surface area contributed by atoms with Gasteiger partial charge in [0.2, 0.25) is 5.91 Å². The summed E-state index contributed by atoms with van der Waals surface area (Å²) in [6.07, 6.45) is 1.59. The number of aliphatic hydroxyl groups excluding tert-OH is 1. The molecule has 0 bridgehead atoms. The highest BCUT2D eigenvalue weighted by Crippen LogP contribution is 2.44. The average molecular weight is 511 g/mol. The van der Waals surface area contributed by atoms with Gasteiger partial charge in [0.15, 0.2) is 0 Å². The van der Waals surface area contributed by atoms with Crippen molar-refractivity contribution in [1.29, 1.82) is 0 Å². The first-order chi connectivity index (χ1) is 17.7. The number of nitrogens with zero attached hydrogens (tertiary/aromatic N) is 5. The number of hydrogen-bond acceptors (Lipinski definition) is 8. The molecule has 1 aliphatic carbocycles. The van der Waals surface area contributed by atoms with Crippen LogP contribution in [0.1, 0.15) is 12.5 Å². The number of benzene rings is 1. The number of nitrogens with one attached hydrogen (secondary N) is 1. The monoisotopic (exact) mass is 510 g/mol. The van der Waals surface area contributed by atoms with E-state index in [-0.39, 0.29) is 17.8 Å². The molecule has 12 nitrogen and oxygen atoms in total. The molecule has 1 aromatic carbocycles. The van der Waals surface area contributed by atoms with Crippen LogP contribution in [0.25, 0.3) is 5.69 Å². The van der Waals surface area contributed by atoms with E-state index in [0.717, 1.165) is 19.6 Å². The summed E-state index contributed by atoms with van der Waals surface area (Å²) in [7, 11) is 0. The molecule has 0 spiro atoms. The molecule has 3 amide bonds. The van der Waals surface area contributed by atoms with Gasteiger partial charge in [-0.15, -0.1) is 0 Å². The van der Waals surface area contributed by atoms with Crippen LogP contribution in [-0.4, -0.2) is 98.8 Å². The summed E-state index contributed by atoms with van der Waals surface area (Å²) in [6, 6.07) is 8.14. The second kappa shape index (κ2) is 10.2. The fourth-order valence-corrected chi connectivity index (χ4v) is 5.43. The molecule has 12 heteroatoms. The number of nitrogens with two attached hydrogens (primary N) is 2.